The average Bonchev–Trinajstić information content (AvgIpc) is 2.48. The Bertz CT molecular complexity index is 498. The zero-order valence-corrected chi connectivity index (χ0v) is 11.8. The molecule has 0 saturated carbocycles. The van der Waals surface area contributed by atoms with Gasteiger partial charge in [-0.1, -0.05) is 0 Å². The third-order valence-electron chi connectivity index (χ3n) is 4.05. The number of likely N-dealkylation sites (tertiary alicyclic amines) is 1. The summed E-state index contributed by atoms with van der Waals surface area (Å²) >= 11 is 0. The van der Waals surface area contributed by atoms with Gasteiger partial charge in [-0.25, -0.2) is 22.0 Å². The van der Waals surface area contributed by atoms with Crippen LogP contribution < -0.4 is 5.32 Å². The summed E-state index contributed by atoms with van der Waals surface area (Å²) in [6, 6.07) is -0.382. The van der Waals surface area contributed by atoms with Crippen molar-refractivity contribution in [1.82, 2.24) is 4.90 Å². The lowest BCUT2D eigenvalue weighted by Gasteiger charge is -2.33. The van der Waals surface area contributed by atoms with E-state index in [4.69, 9.17) is 0 Å². The average molecular weight is 308 g/mol. The van der Waals surface area contributed by atoms with E-state index in [0.717, 1.165) is 25.9 Å². The van der Waals surface area contributed by atoms with Gasteiger partial charge >= 0.3 is 0 Å². The molecule has 0 radical (unpaired) electrons. The Kier molecular flexibility index (Phi) is 4.70. The van der Waals surface area contributed by atoms with Gasteiger partial charge in [0.1, 0.15) is 5.69 Å². The molecule has 0 bridgehead atoms. The normalized spacial score (nSPS) is 18.8. The van der Waals surface area contributed by atoms with E-state index in [1.165, 1.54) is 0 Å². The second kappa shape index (κ2) is 6.17. The zero-order chi connectivity index (χ0) is 15.7. The minimum absolute atomic E-state index is 0.121. The largest absolute Gasteiger partial charge is 0.377 e. The molecule has 118 valence electrons. The lowest BCUT2D eigenvalue weighted by atomic mass is 9.90. The third kappa shape index (κ3) is 3.12. The number of benzene rings is 1. The topological polar surface area (TPSA) is 15.3 Å². The van der Waals surface area contributed by atoms with Crippen LogP contribution in [0.2, 0.25) is 0 Å². The fourth-order valence-electron chi connectivity index (χ4n) is 2.61. The molecule has 7 heteroatoms. The van der Waals surface area contributed by atoms with E-state index in [1.807, 2.05) is 7.05 Å². The number of piperidine rings is 1. The summed E-state index contributed by atoms with van der Waals surface area (Å²) in [5, 5.41) is 2.46. The summed E-state index contributed by atoms with van der Waals surface area (Å²) in [6.45, 7) is 3.37. The van der Waals surface area contributed by atoms with Crippen molar-refractivity contribution in [3.63, 3.8) is 0 Å². The van der Waals surface area contributed by atoms with E-state index in [0.29, 0.717) is 0 Å². The van der Waals surface area contributed by atoms with Crippen LogP contribution in [0.3, 0.4) is 0 Å². The van der Waals surface area contributed by atoms with Crippen molar-refractivity contribution >= 4 is 5.69 Å². The molecule has 0 amide bonds. The van der Waals surface area contributed by atoms with E-state index >= 15 is 0 Å². The number of halogens is 5. The van der Waals surface area contributed by atoms with E-state index in [-0.39, 0.29) is 12.0 Å². The molecule has 0 aromatic heterocycles. The van der Waals surface area contributed by atoms with Crippen molar-refractivity contribution in [1.29, 1.82) is 0 Å². The van der Waals surface area contributed by atoms with Gasteiger partial charge < -0.3 is 10.2 Å². The number of hydrogen-bond acceptors (Lipinski definition) is 2. The Morgan fingerprint density at radius 2 is 1.33 bits per heavy atom. The maximum absolute atomic E-state index is 13.6. The maximum atomic E-state index is 13.6. The number of rotatable bonds is 3. The molecule has 2 nitrogen and oxygen atoms in total. The highest BCUT2D eigenvalue weighted by molar-refractivity contribution is 5.48. The van der Waals surface area contributed by atoms with Crippen LogP contribution in [0, 0.1) is 35.0 Å². The third-order valence-corrected chi connectivity index (χ3v) is 4.05. The van der Waals surface area contributed by atoms with Gasteiger partial charge in [0.2, 0.25) is 5.82 Å². The number of nitrogens with zero attached hydrogens (tertiary/aromatic N) is 1. The molecule has 1 unspecified atom stereocenters. The first-order chi connectivity index (χ1) is 9.82. The van der Waals surface area contributed by atoms with Crippen molar-refractivity contribution in [2.45, 2.75) is 25.8 Å². The standard InChI is InChI=1S/C14H17F5N2/c1-7(8-3-5-21(2)6-4-8)20-14-12(18)10(16)9(15)11(17)13(14)19/h7-8,20H,3-6H2,1-2H3. The first-order valence-electron chi connectivity index (χ1n) is 6.79. The van der Waals surface area contributed by atoms with Crippen LogP contribution in [0.25, 0.3) is 0 Å². The van der Waals surface area contributed by atoms with Crippen molar-refractivity contribution in [3.05, 3.63) is 29.1 Å². The summed E-state index contributed by atoms with van der Waals surface area (Å²) < 4.78 is 66.5. The Labute approximate surface area is 119 Å². The van der Waals surface area contributed by atoms with Crippen LogP contribution in [0.5, 0.6) is 0 Å². The minimum Gasteiger partial charge on any atom is -0.377 e. The molecule has 1 N–H and O–H groups in total. The SMILES string of the molecule is CC(Nc1c(F)c(F)c(F)c(F)c1F)C1CCN(C)CC1. The van der Waals surface area contributed by atoms with Crippen LogP contribution >= 0.6 is 0 Å². The van der Waals surface area contributed by atoms with Gasteiger partial charge in [0.15, 0.2) is 23.3 Å². The molecule has 1 atom stereocenters. The predicted molar refractivity (Wildman–Crippen MR) is 69.5 cm³/mol. The first kappa shape index (κ1) is 16.0. The summed E-state index contributed by atoms with van der Waals surface area (Å²) in [4.78, 5) is 2.13. The molecule has 1 aromatic carbocycles. The van der Waals surface area contributed by atoms with Crippen molar-refractivity contribution < 1.29 is 22.0 Å². The monoisotopic (exact) mass is 308 g/mol. The van der Waals surface area contributed by atoms with E-state index in [1.54, 1.807) is 6.92 Å². The summed E-state index contributed by atoms with van der Waals surface area (Å²) in [6.07, 6.45) is 1.61. The predicted octanol–water partition coefficient (Wildman–Crippen LogP) is 3.52. The molecule has 1 fully saturated rings. The van der Waals surface area contributed by atoms with E-state index in [9.17, 15) is 22.0 Å². The maximum Gasteiger partial charge on any atom is 0.200 e. The Hall–Kier alpha value is -1.37. The Morgan fingerprint density at radius 1 is 0.905 bits per heavy atom. The van der Waals surface area contributed by atoms with Crippen LogP contribution in [-0.4, -0.2) is 31.1 Å². The molecule has 1 aliphatic heterocycles. The molecule has 0 spiro atoms. The molecule has 21 heavy (non-hydrogen) atoms. The molecular formula is C14H17F5N2. The van der Waals surface area contributed by atoms with Crippen LogP contribution in [0.4, 0.5) is 27.6 Å². The van der Waals surface area contributed by atoms with Crippen LogP contribution in [-0.2, 0) is 0 Å². The fourth-order valence-corrected chi connectivity index (χ4v) is 2.61. The Morgan fingerprint density at radius 3 is 1.81 bits per heavy atom. The lowest BCUT2D eigenvalue weighted by molar-refractivity contribution is 0.208. The second-order valence-electron chi connectivity index (χ2n) is 5.52. The highest BCUT2D eigenvalue weighted by Gasteiger charge is 2.29. The van der Waals surface area contributed by atoms with Crippen LogP contribution in [0.1, 0.15) is 19.8 Å². The van der Waals surface area contributed by atoms with Gasteiger partial charge in [-0.3, -0.25) is 0 Å². The van der Waals surface area contributed by atoms with E-state index < -0.39 is 34.8 Å². The van der Waals surface area contributed by atoms with Crippen LogP contribution in [0.15, 0.2) is 0 Å². The molecule has 0 aliphatic carbocycles. The van der Waals surface area contributed by atoms with Gasteiger partial charge in [0, 0.05) is 6.04 Å². The van der Waals surface area contributed by atoms with Gasteiger partial charge in [-0.15, -0.1) is 0 Å². The molecular weight excluding hydrogens is 291 g/mol. The van der Waals surface area contributed by atoms with Gasteiger partial charge in [0.25, 0.3) is 0 Å². The van der Waals surface area contributed by atoms with Crippen molar-refractivity contribution in [3.8, 4) is 0 Å². The smallest absolute Gasteiger partial charge is 0.200 e. The molecule has 1 heterocycles. The molecule has 1 aromatic rings. The van der Waals surface area contributed by atoms with Crippen molar-refractivity contribution in [2.24, 2.45) is 5.92 Å². The molecule has 1 aliphatic rings. The van der Waals surface area contributed by atoms with Gasteiger partial charge in [0.05, 0.1) is 0 Å². The molecule has 1 saturated heterocycles. The number of hydrogen-bond donors (Lipinski definition) is 1. The lowest BCUT2D eigenvalue weighted by Crippen LogP contribution is -2.37. The number of nitrogens with one attached hydrogen (secondary N) is 1. The van der Waals surface area contributed by atoms with E-state index in [2.05, 4.69) is 10.2 Å². The van der Waals surface area contributed by atoms with Gasteiger partial charge in [-0.2, -0.15) is 0 Å². The second-order valence-corrected chi connectivity index (χ2v) is 5.52. The van der Waals surface area contributed by atoms with Gasteiger partial charge in [-0.05, 0) is 45.8 Å². The fraction of sp³-hybridized carbons (Fsp3) is 0.571. The number of anilines is 1. The van der Waals surface area contributed by atoms with Crippen molar-refractivity contribution in [2.75, 3.05) is 25.5 Å². The zero-order valence-electron chi connectivity index (χ0n) is 11.8. The highest BCUT2D eigenvalue weighted by atomic mass is 19.2. The minimum atomic E-state index is -2.14. The summed E-state index contributed by atoms with van der Waals surface area (Å²) in [5.74, 6) is -9.49. The summed E-state index contributed by atoms with van der Waals surface area (Å²) in [5.41, 5.74) is -0.946. The quantitative estimate of drug-likeness (QED) is 0.522. The Balaban J connectivity index is 2.20. The molecule has 2 rings (SSSR count). The highest BCUT2D eigenvalue weighted by Crippen LogP contribution is 2.30. The summed E-state index contributed by atoms with van der Waals surface area (Å²) in [7, 11) is 1.97. The first-order valence-corrected chi connectivity index (χ1v) is 6.79.